The van der Waals surface area contributed by atoms with Crippen LogP contribution in [-0.2, 0) is 9.53 Å². The molecule has 2 atom stereocenters. The highest BCUT2D eigenvalue weighted by atomic mass is 16.5. The standard InChI is InChI=1S/C20H21NO3/c1-3-24-20(22)13-18(15-7-5-4-6-8-15)19(14-21)16-9-11-17(23-2)12-10-16/h4-12,18-19H,3,13H2,1-2H3. The van der Waals surface area contributed by atoms with Crippen molar-refractivity contribution in [3.8, 4) is 11.8 Å². The first kappa shape index (κ1) is 17.6. The minimum Gasteiger partial charge on any atom is -0.497 e. The maximum Gasteiger partial charge on any atom is 0.306 e. The summed E-state index contributed by atoms with van der Waals surface area (Å²) < 4.78 is 10.3. The fourth-order valence-corrected chi connectivity index (χ4v) is 2.74. The first-order valence-electron chi connectivity index (χ1n) is 7.93. The van der Waals surface area contributed by atoms with Gasteiger partial charge in [-0.2, -0.15) is 5.26 Å². The van der Waals surface area contributed by atoms with Crippen LogP contribution >= 0.6 is 0 Å². The molecular weight excluding hydrogens is 302 g/mol. The van der Waals surface area contributed by atoms with Gasteiger partial charge in [0, 0.05) is 5.92 Å². The van der Waals surface area contributed by atoms with Crippen LogP contribution in [0.15, 0.2) is 54.6 Å². The van der Waals surface area contributed by atoms with Crippen molar-refractivity contribution in [1.29, 1.82) is 5.26 Å². The van der Waals surface area contributed by atoms with E-state index in [-0.39, 0.29) is 18.3 Å². The fraction of sp³-hybridized carbons (Fsp3) is 0.300. The second-order valence-electron chi connectivity index (χ2n) is 5.41. The molecule has 2 rings (SSSR count). The van der Waals surface area contributed by atoms with E-state index in [1.54, 1.807) is 14.0 Å². The van der Waals surface area contributed by atoms with E-state index in [0.29, 0.717) is 6.61 Å². The zero-order valence-electron chi connectivity index (χ0n) is 13.9. The first-order valence-corrected chi connectivity index (χ1v) is 7.93. The molecule has 0 saturated heterocycles. The molecule has 0 saturated carbocycles. The van der Waals surface area contributed by atoms with Crippen LogP contribution in [0.5, 0.6) is 5.75 Å². The molecule has 2 aromatic rings. The average Bonchev–Trinajstić information content (AvgIpc) is 2.63. The van der Waals surface area contributed by atoms with Crippen LogP contribution in [-0.4, -0.2) is 19.7 Å². The number of nitrogens with zero attached hydrogens (tertiary/aromatic N) is 1. The summed E-state index contributed by atoms with van der Waals surface area (Å²) >= 11 is 0. The average molecular weight is 323 g/mol. The van der Waals surface area contributed by atoms with Crippen molar-refractivity contribution in [2.24, 2.45) is 0 Å². The number of esters is 1. The van der Waals surface area contributed by atoms with E-state index in [2.05, 4.69) is 6.07 Å². The Bertz CT molecular complexity index is 689. The highest BCUT2D eigenvalue weighted by Gasteiger charge is 2.27. The summed E-state index contributed by atoms with van der Waals surface area (Å²) in [6.45, 7) is 2.11. The lowest BCUT2D eigenvalue weighted by Crippen LogP contribution is -2.16. The molecule has 0 N–H and O–H groups in total. The van der Waals surface area contributed by atoms with Gasteiger partial charge in [-0.3, -0.25) is 4.79 Å². The molecule has 0 aliphatic rings. The number of benzene rings is 2. The van der Waals surface area contributed by atoms with E-state index in [0.717, 1.165) is 16.9 Å². The van der Waals surface area contributed by atoms with E-state index in [9.17, 15) is 10.1 Å². The summed E-state index contributed by atoms with van der Waals surface area (Å²) in [5.74, 6) is -0.261. The number of carbonyl (C=O) groups excluding carboxylic acids is 1. The lowest BCUT2D eigenvalue weighted by Gasteiger charge is -2.22. The topological polar surface area (TPSA) is 59.3 Å². The SMILES string of the molecule is CCOC(=O)CC(c1ccccc1)C(C#N)c1ccc(OC)cc1. The molecular formula is C20H21NO3. The molecule has 0 fully saturated rings. The van der Waals surface area contributed by atoms with Crippen molar-refractivity contribution in [1.82, 2.24) is 0 Å². The van der Waals surface area contributed by atoms with Crippen LogP contribution < -0.4 is 4.74 Å². The third kappa shape index (κ3) is 4.36. The monoisotopic (exact) mass is 323 g/mol. The largest absolute Gasteiger partial charge is 0.497 e. The molecule has 4 nitrogen and oxygen atoms in total. The van der Waals surface area contributed by atoms with Crippen LogP contribution in [0.4, 0.5) is 0 Å². The molecule has 0 aliphatic heterocycles. The highest BCUT2D eigenvalue weighted by Crippen LogP contribution is 2.36. The van der Waals surface area contributed by atoms with Gasteiger partial charge in [0.1, 0.15) is 5.75 Å². The van der Waals surface area contributed by atoms with Gasteiger partial charge in [-0.1, -0.05) is 42.5 Å². The van der Waals surface area contributed by atoms with Gasteiger partial charge in [0.05, 0.1) is 32.1 Å². The summed E-state index contributed by atoms with van der Waals surface area (Å²) in [6, 6.07) is 19.4. The zero-order valence-corrected chi connectivity index (χ0v) is 13.9. The van der Waals surface area contributed by atoms with Gasteiger partial charge < -0.3 is 9.47 Å². The summed E-state index contributed by atoms with van der Waals surface area (Å²) in [7, 11) is 1.60. The summed E-state index contributed by atoms with van der Waals surface area (Å²) in [5, 5.41) is 9.75. The van der Waals surface area contributed by atoms with E-state index in [1.807, 2.05) is 54.6 Å². The number of methoxy groups -OCH3 is 1. The van der Waals surface area contributed by atoms with Crippen molar-refractivity contribution < 1.29 is 14.3 Å². The fourth-order valence-electron chi connectivity index (χ4n) is 2.74. The Morgan fingerprint density at radius 1 is 1.08 bits per heavy atom. The zero-order chi connectivity index (χ0) is 17.4. The third-order valence-corrected chi connectivity index (χ3v) is 3.94. The third-order valence-electron chi connectivity index (χ3n) is 3.94. The Kier molecular flexibility index (Phi) is 6.39. The maximum atomic E-state index is 12.0. The Hall–Kier alpha value is -2.80. The lowest BCUT2D eigenvalue weighted by atomic mass is 9.80. The van der Waals surface area contributed by atoms with E-state index < -0.39 is 5.92 Å². The summed E-state index contributed by atoms with van der Waals surface area (Å²) in [6.07, 6.45) is 0.169. The summed E-state index contributed by atoms with van der Waals surface area (Å²) in [4.78, 5) is 12.0. The molecule has 0 aromatic heterocycles. The number of hydrogen-bond acceptors (Lipinski definition) is 4. The molecule has 4 heteroatoms. The number of hydrogen-bond donors (Lipinski definition) is 0. The molecule has 2 aromatic carbocycles. The second kappa shape index (κ2) is 8.73. The van der Waals surface area contributed by atoms with Crippen LogP contribution in [0.1, 0.15) is 36.3 Å². The molecule has 0 amide bonds. The minimum atomic E-state index is -0.442. The van der Waals surface area contributed by atoms with Gasteiger partial charge in [-0.25, -0.2) is 0 Å². The highest BCUT2D eigenvalue weighted by molar-refractivity contribution is 5.71. The van der Waals surface area contributed by atoms with E-state index in [1.165, 1.54) is 0 Å². The number of nitriles is 1. The molecule has 24 heavy (non-hydrogen) atoms. The van der Waals surface area contributed by atoms with Crippen molar-refractivity contribution in [3.63, 3.8) is 0 Å². The van der Waals surface area contributed by atoms with Crippen molar-refractivity contribution in [3.05, 3.63) is 65.7 Å². The molecule has 2 unspecified atom stereocenters. The van der Waals surface area contributed by atoms with Crippen molar-refractivity contribution in [2.45, 2.75) is 25.2 Å². The Balaban J connectivity index is 2.35. The van der Waals surface area contributed by atoms with Gasteiger partial charge in [0.25, 0.3) is 0 Å². The number of carbonyl (C=O) groups is 1. The van der Waals surface area contributed by atoms with Gasteiger partial charge >= 0.3 is 5.97 Å². The molecule has 124 valence electrons. The van der Waals surface area contributed by atoms with Crippen LogP contribution in [0.2, 0.25) is 0 Å². The molecule has 0 heterocycles. The quantitative estimate of drug-likeness (QED) is 0.722. The maximum absolute atomic E-state index is 12.0. The van der Waals surface area contributed by atoms with Gasteiger partial charge in [-0.15, -0.1) is 0 Å². The van der Waals surface area contributed by atoms with E-state index in [4.69, 9.17) is 9.47 Å². The number of ether oxygens (including phenoxy) is 2. The second-order valence-corrected chi connectivity index (χ2v) is 5.41. The lowest BCUT2D eigenvalue weighted by molar-refractivity contribution is -0.143. The van der Waals surface area contributed by atoms with Gasteiger partial charge in [0.2, 0.25) is 0 Å². The van der Waals surface area contributed by atoms with Crippen LogP contribution in [0.3, 0.4) is 0 Å². The molecule has 0 aliphatic carbocycles. The predicted molar refractivity (Wildman–Crippen MR) is 91.8 cm³/mol. The van der Waals surface area contributed by atoms with Crippen LogP contribution in [0.25, 0.3) is 0 Å². The number of rotatable bonds is 7. The summed E-state index contributed by atoms with van der Waals surface area (Å²) in [5.41, 5.74) is 1.81. The Morgan fingerprint density at radius 3 is 2.29 bits per heavy atom. The van der Waals surface area contributed by atoms with Crippen molar-refractivity contribution >= 4 is 5.97 Å². The van der Waals surface area contributed by atoms with Crippen molar-refractivity contribution in [2.75, 3.05) is 13.7 Å². The molecule has 0 radical (unpaired) electrons. The van der Waals surface area contributed by atoms with Gasteiger partial charge in [-0.05, 0) is 30.2 Å². The Labute approximate surface area is 142 Å². The normalized spacial score (nSPS) is 12.7. The molecule has 0 bridgehead atoms. The first-order chi connectivity index (χ1) is 11.7. The predicted octanol–water partition coefficient (Wildman–Crippen LogP) is 4.04. The van der Waals surface area contributed by atoms with Crippen LogP contribution in [0, 0.1) is 11.3 Å². The van der Waals surface area contributed by atoms with Gasteiger partial charge in [0.15, 0.2) is 0 Å². The molecule has 0 spiro atoms. The van der Waals surface area contributed by atoms with E-state index >= 15 is 0 Å². The Morgan fingerprint density at radius 2 is 1.75 bits per heavy atom. The smallest absolute Gasteiger partial charge is 0.306 e. The minimum absolute atomic E-state index is 0.169.